The average Bonchev–Trinajstić information content (AvgIpc) is 2.96. The summed E-state index contributed by atoms with van der Waals surface area (Å²) in [6.07, 6.45) is 9.96. The lowest BCUT2D eigenvalue weighted by Crippen LogP contribution is -2.21. The van der Waals surface area contributed by atoms with E-state index in [9.17, 15) is 0 Å². The zero-order valence-electron chi connectivity index (χ0n) is 11.6. The van der Waals surface area contributed by atoms with Crippen LogP contribution in [0.25, 0.3) is 0 Å². The molecule has 19 heavy (non-hydrogen) atoms. The number of ether oxygens (including phenoxy) is 2. The molecule has 2 heterocycles. The Morgan fingerprint density at radius 3 is 2.63 bits per heavy atom. The van der Waals surface area contributed by atoms with Crippen molar-refractivity contribution >= 4 is 0 Å². The Morgan fingerprint density at radius 2 is 1.84 bits per heavy atom. The zero-order chi connectivity index (χ0) is 12.9. The van der Waals surface area contributed by atoms with Crippen molar-refractivity contribution in [1.29, 1.82) is 0 Å². The fourth-order valence-electron chi connectivity index (χ4n) is 3.10. The van der Waals surface area contributed by atoms with Crippen molar-refractivity contribution in [2.75, 3.05) is 6.61 Å². The highest BCUT2D eigenvalue weighted by molar-refractivity contribution is 5.11. The van der Waals surface area contributed by atoms with Gasteiger partial charge in [-0.05, 0) is 44.2 Å². The third-order valence-corrected chi connectivity index (χ3v) is 4.24. The molecule has 1 aliphatic carbocycles. The lowest BCUT2D eigenvalue weighted by molar-refractivity contribution is -0.171. The van der Waals surface area contributed by atoms with E-state index in [1.807, 2.05) is 0 Å². The van der Waals surface area contributed by atoms with Crippen LogP contribution in [-0.2, 0) is 16.1 Å². The standard InChI is InChI=1S/C16H24O3/c1-2-6-13(7-3-1)15-10-9-14(19-15)12-18-16-8-4-5-11-17-16/h9-10,13,16H,1-8,11-12H2. The molecule has 3 nitrogen and oxygen atoms in total. The molecule has 0 bridgehead atoms. The summed E-state index contributed by atoms with van der Waals surface area (Å²) in [5.41, 5.74) is 0. The number of hydrogen-bond donors (Lipinski definition) is 0. The van der Waals surface area contributed by atoms with Crippen molar-refractivity contribution in [2.45, 2.75) is 70.2 Å². The second-order valence-corrected chi connectivity index (χ2v) is 5.75. The molecular weight excluding hydrogens is 240 g/mol. The molecule has 3 heteroatoms. The van der Waals surface area contributed by atoms with Gasteiger partial charge in [0.2, 0.25) is 0 Å². The summed E-state index contributed by atoms with van der Waals surface area (Å²) in [7, 11) is 0. The van der Waals surface area contributed by atoms with Gasteiger partial charge in [-0.2, -0.15) is 0 Å². The van der Waals surface area contributed by atoms with E-state index in [0.29, 0.717) is 12.5 Å². The molecule has 1 saturated carbocycles. The number of furan rings is 1. The average molecular weight is 264 g/mol. The highest BCUT2D eigenvalue weighted by Gasteiger charge is 2.19. The first-order chi connectivity index (χ1) is 9.42. The SMILES string of the molecule is c1cc(C2CCCCC2)oc1COC1CCCCO1. The Bertz CT molecular complexity index is 373. The second kappa shape index (κ2) is 6.58. The number of hydrogen-bond acceptors (Lipinski definition) is 3. The lowest BCUT2D eigenvalue weighted by atomic mass is 9.88. The van der Waals surface area contributed by atoms with E-state index in [-0.39, 0.29) is 6.29 Å². The molecule has 1 unspecified atom stereocenters. The second-order valence-electron chi connectivity index (χ2n) is 5.75. The van der Waals surface area contributed by atoms with Crippen LogP contribution in [0.2, 0.25) is 0 Å². The predicted molar refractivity (Wildman–Crippen MR) is 72.9 cm³/mol. The highest BCUT2D eigenvalue weighted by atomic mass is 16.7. The molecule has 0 amide bonds. The fraction of sp³-hybridized carbons (Fsp3) is 0.750. The van der Waals surface area contributed by atoms with Crippen LogP contribution < -0.4 is 0 Å². The molecule has 0 spiro atoms. The molecule has 1 aliphatic heterocycles. The molecule has 2 aliphatic rings. The largest absolute Gasteiger partial charge is 0.463 e. The summed E-state index contributed by atoms with van der Waals surface area (Å²) in [5.74, 6) is 2.73. The maximum atomic E-state index is 5.93. The summed E-state index contributed by atoms with van der Waals surface area (Å²) < 4.78 is 17.2. The molecule has 106 valence electrons. The Kier molecular flexibility index (Phi) is 4.57. The summed E-state index contributed by atoms with van der Waals surface area (Å²) in [4.78, 5) is 0. The van der Waals surface area contributed by atoms with Gasteiger partial charge < -0.3 is 13.9 Å². The van der Waals surface area contributed by atoms with Gasteiger partial charge in [0.15, 0.2) is 6.29 Å². The van der Waals surface area contributed by atoms with E-state index in [2.05, 4.69) is 12.1 Å². The van der Waals surface area contributed by atoms with E-state index in [1.165, 1.54) is 38.5 Å². The molecule has 1 aromatic rings. The maximum Gasteiger partial charge on any atom is 0.158 e. The van der Waals surface area contributed by atoms with E-state index >= 15 is 0 Å². The summed E-state index contributed by atoms with van der Waals surface area (Å²) >= 11 is 0. The van der Waals surface area contributed by atoms with Gasteiger partial charge in [-0.25, -0.2) is 0 Å². The van der Waals surface area contributed by atoms with Crippen molar-refractivity contribution in [2.24, 2.45) is 0 Å². The summed E-state index contributed by atoms with van der Waals surface area (Å²) in [6, 6.07) is 4.20. The molecule has 0 aromatic carbocycles. The van der Waals surface area contributed by atoms with Crippen LogP contribution >= 0.6 is 0 Å². The normalized spacial score (nSPS) is 25.6. The predicted octanol–water partition coefficient (Wildman–Crippen LogP) is 4.37. The van der Waals surface area contributed by atoms with Gasteiger partial charge in [-0.15, -0.1) is 0 Å². The van der Waals surface area contributed by atoms with E-state index in [0.717, 1.165) is 31.0 Å². The Balaban J connectivity index is 1.49. The smallest absolute Gasteiger partial charge is 0.158 e. The Hall–Kier alpha value is -0.800. The minimum absolute atomic E-state index is 0.0306. The third-order valence-electron chi connectivity index (χ3n) is 4.24. The quantitative estimate of drug-likeness (QED) is 0.809. The number of rotatable bonds is 4. The van der Waals surface area contributed by atoms with Crippen molar-refractivity contribution in [3.63, 3.8) is 0 Å². The van der Waals surface area contributed by atoms with Crippen molar-refractivity contribution in [3.05, 3.63) is 23.7 Å². The molecule has 1 saturated heterocycles. The maximum absolute atomic E-state index is 5.93. The highest BCUT2D eigenvalue weighted by Crippen LogP contribution is 2.33. The minimum Gasteiger partial charge on any atom is -0.463 e. The summed E-state index contributed by atoms with van der Waals surface area (Å²) in [5, 5.41) is 0. The van der Waals surface area contributed by atoms with Crippen LogP contribution in [0, 0.1) is 0 Å². The van der Waals surface area contributed by atoms with E-state index in [1.54, 1.807) is 0 Å². The van der Waals surface area contributed by atoms with Gasteiger partial charge >= 0.3 is 0 Å². The van der Waals surface area contributed by atoms with Crippen LogP contribution in [-0.4, -0.2) is 12.9 Å². The first kappa shape index (κ1) is 13.2. The third kappa shape index (κ3) is 3.61. The topological polar surface area (TPSA) is 31.6 Å². The van der Waals surface area contributed by atoms with Gasteiger partial charge in [0.1, 0.15) is 18.1 Å². The molecule has 0 N–H and O–H groups in total. The van der Waals surface area contributed by atoms with Crippen LogP contribution in [0.3, 0.4) is 0 Å². The fourth-order valence-corrected chi connectivity index (χ4v) is 3.10. The van der Waals surface area contributed by atoms with Crippen molar-refractivity contribution in [1.82, 2.24) is 0 Å². The van der Waals surface area contributed by atoms with E-state index < -0.39 is 0 Å². The van der Waals surface area contributed by atoms with Gasteiger partial charge in [0.25, 0.3) is 0 Å². The monoisotopic (exact) mass is 264 g/mol. The lowest BCUT2D eigenvalue weighted by Gasteiger charge is -2.22. The first-order valence-electron chi connectivity index (χ1n) is 7.73. The van der Waals surface area contributed by atoms with Gasteiger partial charge in [0.05, 0.1) is 0 Å². The van der Waals surface area contributed by atoms with Gasteiger partial charge in [-0.1, -0.05) is 19.3 Å². The Morgan fingerprint density at radius 1 is 1.00 bits per heavy atom. The van der Waals surface area contributed by atoms with Crippen molar-refractivity contribution in [3.8, 4) is 0 Å². The van der Waals surface area contributed by atoms with Crippen LogP contribution in [0.1, 0.15) is 68.8 Å². The van der Waals surface area contributed by atoms with Crippen LogP contribution in [0.15, 0.2) is 16.5 Å². The molecule has 3 rings (SSSR count). The molecule has 2 fully saturated rings. The molecule has 0 radical (unpaired) electrons. The molecule has 1 atom stereocenters. The Labute approximate surface area is 115 Å². The van der Waals surface area contributed by atoms with E-state index in [4.69, 9.17) is 13.9 Å². The molecule has 1 aromatic heterocycles. The minimum atomic E-state index is -0.0306. The van der Waals surface area contributed by atoms with Crippen molar-refractivity contribution < 1.29 is 13.9 Å². The first-order valence-corrected chi connectivity index (χ1v) is 7.73. The van der Waals surface area contributed by atoms with Gasteiger partial charge in [0, 0.05) is 12.5 Å². The van der Waals surface area contributed by atoms with Crippen LogP contribution in [0.4, 0.5) is 0 Å². The summed E-state index contributed by atoms with van der Waals surface area (Å²) in [6.45, 7) is 1.37. The molecular formula is C16H24O3. The van der Waals surface area contributed by atoms with Crippen LogP contribution in [0.5, 0.6) is 0 Å². The van der Waals surface area contributed by atoms with Gasteiger partial charge in [-0.3, -0.25) is 0 Å². The zero-order valence-corrected chi connectivity index (χ0v) is 11.6.